The van der Waals surface area contributed by atoms with Crippen LogP contribution in [0.2, 0.25) is 0 Å². The summed E-state index contributed by atoms with van der Waals surface area (Å²) < 4.78 is 29.3. The molecule has 3 aromatic rings. The van der Waals surface area contributed by atoms with Gasteiger partial charge in [0.1, 0.15) is 6.33 Å². The van der Waals surface area contributed by atoms with Crippen LogP contribution in [0.1, 0.15) is 12.5 Å². The Morgan fingerprint density at radius 2 is 1.85 bits per heavy atom. The Balaban J connectivity index is 1.88. The zero-order valence-electron chi connectivity index (χ0n) is 14.0. The third kappa shape index (κ3) is 3.70. The van der Waals surface area contributed by atoms with Gasteiger partial charge in [-0.25, -0.2) is 13.1 Å². The Hall–Kier alpha value is -3.27. The highest BCUT2D eigenvalue weighted by molar-refractivity contribution is 7.92. The molecule has 0 aliphatic heterocycles. The molecule has 0 aliphatic rings. The van der Waals surface area contributed by atoms with Crippen LogP contribution < -0.4 is 10.0 Å². The molecule has 9 nitrogen and oxygen atoms in total. The fourth-order valence-electron chi connectivity index (χ4n) is 2.38. The second kappa shape index (κ2) is 6.92. The lowest BCUT2D eigenvalue weighted by atomic mass is 10.1. The van der Waals surface area contributed by atoms with Gasteiger partial charge in [-0.1, -0.05) is 6.07 Å². The van der Waals surface area contributed by atoms with Crippen LogP contribution in [0.4, 0.5) is 11.4 Å². The SMILES string of the molecule is CC(=O)Nc1ccc(S(=O)(=O)Nc2cccc(-n3cnnn3)c2C)cc1. The van der Waals surface area contributed by atoms with Crippen LogP contribution in [0, 0.1) is 6.92 Å². The topological polar surface area (TPSA) is 119 Å². The van der Waals surface area contributed by atoms with Crippen LogP contribution >= 0.6 is 0 Å². The second-order valence-corrected chi connectivity index (χ2v) is 7.20. The number of benzene rings is 2. The van der Waals surface area contributed by atoms with Crippen molar-refractivity contribution < 1.29 is 13.2 Å². The summed E-state index contributed by atoms with van der Waals surface area (Å²) in [4.78, 5) is 11.1. The van der Waals surface area contributed by atoms with Crippen LogP contribution in [0.15, 0.2) is 53.7 Å². The fraction of sp³-hybridized carbons (Fsp3) is 0.125. The highest BCUT2D eigenvalue weighted by atomic mass is 32.2. The Bertz CT molecular complexity index is 1030. The first-order valence-corrected chi connectivity index (χ1v) is 9.08. The molecule has 2 N–H and O–H groups in total. The van der Waals surface area contributed by atoms with Crippen molar-refractivity contribution in [3.8, 4) is 5.69 Å². The van der Waals surface area contributed by atoms with Crippen molar-refractivity contribution in [2.24, 2.45) is 0 Å². The maximum Gasteiger partial charge on any atom is 0.261 e. The fourth-order valence-corrected chi connectivity index (χ4v) is 3.50. The van der Waals surface area contributed by atoms with E-state index in [0.29, 0.717) is 22.6 Å². The Morgan fingerprint density at radius 1 is 1.12 bits per heavy atom. The molecular formula is C16H16N6O3S. The summed E-state index contributed by atoms with van der Waals surface area (Å²) in [6, 6.07) is 11.1. The van der Waals surface area contributed by atoms with E-state index in [0.717, 1.165) is 0 Å². The third-order valence-electron chi connectivity index (χ3n) is 3.63. The number of carbonyl (C=O) groups excluding carboxylic acids is 1. The van der Waals surface area contributed by atoms with Gasteiger partial charge in [0.2, 0.25) is 5.91 Å². The lowest BCUT2D eigenvalue weighted by Gasteiger charge is -2.13. The number of hydrogen-bond donors (Lipinski definition) is 2. The predicted molar refractivity (Wildman–Crippen MR) is 95.4 cm³/mol. The van der Waals surface area contributed by atoms with Gasteiger partial charge in [-0.05, 0) is 59.3 Å². The number of aromatic nitrogens is 4. The number of tetrazole rings is 1. The average Bonchev–Trinajstić information content (AvgIpc) is 3.11. The van der Waals surface area contributed by atoms with Gasteiger partial charge in [-0.15, -0.1) is 5.10 Å². The Kier molecular flexibility index (Phi) is 4.67. The summed E-state index contributed by atoms with van der Waals surface area (Å²) in [5.41, 5.74) is 2.28. The number of carbonyl (C=O) groups is 1. The van der Waals surface area contributed by atoms with Crippen LogP contribution in [0.3, 0.4) is 0 Å². The van der Waals surface area contributed by atoms with E-state index in [1.165, 1.54) is 42.2 Å². The number of nitrogens with zero attached hydrogens (tertiary/aromatic N) is 4. The lowest BCUT2D eigenvalue weighted by Crippen LogP contribution is -2.15. The van der Waals surface area contributed by atoms with E-state index >= 15 is 0 Å². The largest absolute Gasteiger partial charge is 0.326 e. The summed E-state index contributed by atoms with van der Waals surface area (Å²) >= 11 is 0. The van der Waals surface area contributed by atoms with Gasteiger partial charge in [-0.2, -0.15) is 0 Å². The summed E-state index contributed by atoms with van der Waals surface area (Å²) in [7, 11) is -3.79. The van der Waals surface area contributed by atoms with E-state index in [9.17, 15) is 13.2 Å². The van der Waals surface area contributed by atoms with Gasteiger partial charge in [-0.3, -0.25) is 9.52 Å². The number of nitrogens with one attached hydrogen (secondary N) is 2. The van der Waals surface area contributed by atoms with Crippen molar-refractivity contribution >= 4 is 27.3 Å². The molecule has 0 fully saturated rings. The third-order valence-corrected chi connectivity index (χ3v) is 5.01. The van der Waals surface area contributed by atoms with Crippen LogP contribution in [-0.4, -0.2) is 34.5 Å². The first-order valence-electron chi connectivity index (χ1n) is 7.60. The van der Waals surface area contributed by atoms with E-state index < -0.39 is 10.0 Å². The molecule has 0 bridgehead atoms. The second-order valence-electron chi connectivity index (χ2n) is 5.52. The highest BCUT2D eigenvalue weighted by Gasteiger charge is 2.17. The van der Waals surface area contributed by atoms with Crippen LogP contribution in [-0.2, 0) is 14.8 Å². The predicted octanol–water partition coefficient (Wildman–Crippen LogP) is 1.73. The number of amides is 1. The normalized spacial score (nSPS) is 11.2. The van der Waals surface area contributed by atoms with Gasteiger partial charge >= 0.3 is 0 Å². The van der Waals surface area contributed by atoms with Crippen molar-refractivity contribution in [3.05, 3.63) is 54.4 Å². The minimum atomic E-state index is -3.79. The van der Waals surface area contributed by atoms with Gasteiger partial charge in [0.05, 0.1) is 16.3 Å². The molecule has 0 spiro atoms. The number of sulfonamides is 1. The first-order chi connectivity index (χ1) is 12.4. The van der Waals surface area contributed by atoms with Crippen molar-refractivity contribution in [1.29, 1.82) is 0 Å². The highest BCUT2D eigenvalue weighted by Crippen LogP contribution is 2.24. The monoisotopic (exact) mass is 372 g/mol. The smallest absolute Gasteiger partial charge is 0.261 e. The standard InChI is InChI=1S/C16H16N6O3S/c1-11-15(4-3-5-16(11)22-10-17-20-21-22)19-26(24,25)14-8-6-13(7-9-14)18-12(2)23/h3-10,19H,1-2H3,(H,18,23). The number of anilines is 2. The summed E-state index contributed by atoms with van der Waals surface area (Å²) in [5, 5.41) is 13.6. The van der Waals surface area contributed by atoms with Gasteiger partial charge in [0.15, 0.2) is 0 Å². The average molecular weight is 372 g/mol. The van der Waals surface area contributed by atoms with Crippen molar-refractivity contribution in [2.45, 2.75) is 18.7 Å². The molecule has 0 saturated heterocycles. The van der Waals surface area contributed by atoms with E-state index in [1.54, 1.807) is 25.1 Å². The quantitative estimate of drug-likeness (QED) is 0.704. The Labute approximate surface area is 150 Å². The molecule has 1 heterocycles. The van der Waals surface area contributed by atoms with Crippen molar-refractivity contribution in [2.75, 3.05) is 10.0 Å². The van der Waals surface area contributed by atoms with E-state index in [-0.39, 0.29) is 10.8 Å². The summed E-state index contributed by atoms with van der Waals surface area (Å²) in [6.45, 7) is 3.15. The molecule has 0 atom stereocenters. The minimum Gasteiger partial charge on any atom is -0.326 e. The molecule has 1 aromatic heterocycles. The molecule has 134 valence electrons. The van der Waals surface area contributed by atoms with Gasteiger partial charge in [0, 0.05) is 12.6 Å². The van der Waals surface area contributed by atoms with Crippen LogP contribution in [0.5, 0.6) is 0 Å². The van der Waals surface area contributed by atoms with Crippen LogP contribution in [0.25, 0.3) is 5.69 Å². The lowest BCUT2D eigenvalue weighted by molar-refractivity contribution is -0.114. The maximum absolute atomic E-state index is 12.6. The minimum absolute atomic E-state index is 0.0822. The number of hydrogen-bond acceptors (Lipinski definition) is 6. The van der Waals surface area contributed by atoms with E-state index in [2.05, 4.69) is 25.6 Å². The molecule has 2 aromatic carbocycles. The molecule has 3 rings (SSSR count). The molecule has 10 heteroatoms. The molecule has 26 heavy (non-hydrogen) atoms. The molecule has 0 radical (unpaired) electrons. The Morgan fingerprint density at radius 3 is 2.46 bits per heavy atom. The van der Waals surface area contributed by atoms with Crippen molar-refractivity contribution in [3.63, 3.8) is 0 Å². The van der Waals surface area contributed by atoms with Gasteiger partial charge < -0.3 is 5.32 Å². The molecule has 0 unspecified atom stereocenters. The molecular weight excluding hydrogens is 356 g/mol. The summed E-state index contributed by atoms with van der Waals surface area (Å²) in [5.74, 6) is -0.228. The maximum atomic E-state index is 12.6. The molecule has 0 aliphatic carbocycles. The first kappa shape index (κ1) is 17.5. The van der Waals surface area contributed by atoms with Gasteiger partial charge in [0.25, 0.3) is 10.0 Å². The van der Waals surface area contributed by atoms with Crippen molar-refractivity contribution in [1.82, 2.24) is 20.2 Å². The molecule has 0 saturated carbocycles. The zero-order valence-corrected chi connectivity index (χ0v) is 14.9. The van der Waals surface area contributed by atoms with E-state index in [4.69, 9.17) is 0 Å². The zero-order chi connectivity index (χ0) is 18.7. The van der Waals surface area contributed by atoms with E-state index in [1.807, 2.05) is 0 Å². The number of rotatable bonds is 5. The summed E-state index contributed by atoms with van der Waals surface area (Å²) in [6.07, 6.45) is 1.43. The molecule has 1 amide bonds.